The summed E-state index contributed by atoms with van der Waals surface area (Å²) in [5, 5.41) is 25.4. The summed E-state index contributed by atoms with van der Waals surface area (Å²) in [5.41, 5.74) is 2.21. The van der Waals surface area contributed by atoms with Crippen molar-refractivity contribution in [3.8, 4) is 11.8 Å². The summed E-state index contributed by atoms with van der Waals surface area (Å²) in [7, 11) is 0. The predicted molar refractivity (Wildman–Crippen MR) is 156 cm³/mol. The molecule has 0 aliphatic rings. The first-order valence-corrected chi connectivity index (χ1v) is 13.3. The fourth-order valence-electron chi connectivity index (χ4n) is 4.31. The Balaban J connectivity index is 2.07. The van der Waals surface area contributed by atoms with Crippen molar-refractivity contribution >= 4 is 23.6 Å². The van der Waals surface area contributed by atoms with Crippen LogP contribution in [0, 0.1) is 25.2 Å². The minimum atomic E-state index is -1.25. The van der Waals surface area contributed by atoms with E-state index in [-0.39, 0.29) is 12.2 Å². The molecule has 0 radical (unpaired) electrons. The lowest BCUT2D eigenvalue weighted by Gasteiger charge is -2.33. The van der Waals surface area contributed by atoms with Gasteiger partial charge in [-0.1, -0.05) is 54.6 Å². The fourth-order valence-corrected chi connectivity index (χ4v) is 4.31. The number of alkyl carbamates (subject to hydrolysis) is 1. The Labute approximate surface area is 240 Å². The number of nitrogens with one attached hydrogen (secondary N) is 2. The average Bonchev–Trinajstić information content (AvgIpc) is 2.90. The number of phenols is 1. The number of aromatic hydroxyl groups is 1. The van der Waals surface area contributed by atoms with Gasteiger partial charge < -0.3 is 25.4 Å². The Bertz CT molecular complexity index is 1430. The number of rotatable bonds is 9. The van der Waals surface area contributed by atoms with E-state index in [9.17, 15) is 24.8 Å². The summed E-state index contributed by atoms with van der Waals surface area (Å²) in [5.74, 6) is -1.17. The normalized spacial score (nSPS) is 12.4. The molecular formula is C32H36N4O5. The van der Waals surface area contributed by atoms with Crippen LogP contribution < -0.4 is 10.6 Å². The number of phenolic OH excluding ortho intramolecular Hbond substituents is 1. The molecule has 9 heteroatoms. The second kappa shape index (κ2) is 13.5. The maximum atomic E-state index is 14.2. The van der Waals surface area contributed by atoms with Crippen LogP contribution in [0.3, 0.4) is 0 Å². The zero-order valence-electron chi connectivity index (χ0n) is 24.0. The van der Waals surface area contributed by atoms with Crippen molar-refractivity contribution in [1.29, 1.82) is 5.26 Å². The molecule has 3 N–H and O–H groups in total. The van der Waals surface area contributed by atoms with E-state index in [0.717, 1.165) is 16.0 Å². The highest BCUT2D eigenvalue weighted by Gasteiger charge is 2.37. The number of aryl methyl sites for hydroxylation is 2. The number of hydrogen-bond acceptors (Lipinski definition) is 6. The number of anilines is 1. The summed E-state index contributed by atoms with van der Waals surface area (Å²) in [6.07, 6.45) is -0.702. The third-order valence-electron chi connectivity index (χ3n) is 6.30. The van der Waals surface area contributed by atoms with E-state index in [0.29, 0.717) is 16.8 Å². The van der Waals surface area contributed by atoms with Gasteiger partial charge in [-0.15, -0.1) is 0 Å². The molecule has 0 fully saturated rings. The highest BCUT2D eigenvalue weighted by Crippen LogP contribution is 2.29. The lowest BCUT2D eigenvalue weighted by atomic mass is 9.98. The molecule has 0 bridgehead atoms. The standard InChI is InChI=1S/C32H36N4O5/c1-21-11-9-10-14-25(21)34-29(38)28(24-15-16-27(37)22(2)19-24)36(18-17-33)30(39)26(20-23-12-7-6-8-13-23)35-31(40)41-32(3,4)5/h6-16,19,26,28,37H,18,20H2,1-5H3,(H,34,38)(H,35,40). The Morgan fingerprint density at radius 2 is 1.63 bits per heavy atom. The molecule has 3 aromatic rings. The number of nitrogens with zero attached hydrogens (tertiary/aromatic N) is 2. The molecule has 0 saturated heterocycles. The van der Waals surface area contributed by atoms with Gasteiger partial charge in [-0.3, -0.25) is 9.59 Å². The summed E-state index contributed by atoms with van der Waals surface area (Å²) in [6, 6.07) is 20.5. The maximum Gasteiger partial charge on any atom is 0.408 e. The molecule has 3 amide bonds. The number of carbonyl (C=O) groups is 3. The predicted octanol–water partition coefficient (Wildman–Crippen LogP) is 5.18. The van der Waals surface area contributed by atoms with Gasteiger partial charge >= 0.3 is 6.09 Å². The van der Waals surface area contributed by atoms with E-state index in [2.05, 4.69) is 10.6 Å². The van der Waals surface area contributed by atoms with E-state index < -0.39 is 42.1 Å². The Hall–Kier alpha value is -4.84. The molecule has 3 rings (SSSR count). The molecule has 9 nitrogen and oxygen atoms in total. The van der Waals surface area contributed by atoms with Crippen LogP contribution in [0.5, 0.6) is 5.75 Å². The van der Waals surface area contributed by atoms with Crippen molar-refractivity contribution in [1.82, 2.24) is 10.2 Å². The van der Waals surface area contributed by atoms with Gasteiger partial charge in [-0.25, -0.2) is 4.79 Å². The van der Waals surface area contributed by atoms with Crippen LogP contribution in [-0.4, -0.2) is 46.1 Å². The fraction of sp³-hybridized carbons (Fsp3) is 0.312. The van der Waals surface area contributed by atoms with Crippen LogP contribution in [0.4, 0.5) is 10.5 Å². The van der Waals surface area contributed by atoms with Gasteiger partial charge in [-0.2, -0.15) is 5.26 Å². The first kappa shape index (κ1) is 30.7. The van der Waals surface area contributed by atoms with E-state index in [1.165, 1.54) is 12.1 Å². The largest absolute Gasteiger partial charge is 0.508 e. The number of carbonyl (C=O) groups excluding carboxylic acids is 3. The highest BCUT2D eigenvalue weighted by atomic mass is 16.6. The Morgan fingerprint density at radius 3 is 2.24 bits per heavy atom. The van der Waals surface area contributed by atoms with Gasteiger partial charge in [0.1, 0.15) is 30.0 Å². The lowest BCUT2D eigenvalue weighted by Crippen LogP contribution is -2.53. The second-order valence-corrected chi connectivity index (χ2v) is 10.8. The van der Waals surface area contributed by atoms with E-state index >= 15 is 0 Å². The van der Waals surface area contributed by atoms with Crippen LogP contribution in [0.1, 0.15) is 49.1 Å². The van der Waals surface area contributed by atoms with Crippen LogP contribution >= 0.6 is 0 Å². The summed E-state index contributed by atoms with van der Waals surface area (Å²) in [4.78, 5) is 42.0. The van der Waals surface area contributed by atoms with Gasteiger partial charge in [0, 0.05) is 12.1 Å². The number of benzene rings is 3. The molecule has 0 aromatic heterocycles. The van der Waals surface area contributed by atoms with Gasteiger partial charge in [0.25, 0.3) is 5.91 Å². The van der Waals surface area contributed by atoms with Gasteiger partial charge in [0.05, 0.1) is 6.07 Å². The first-order valence-electron chi connectivity index (χ1n) is 13.3. The molecule has 2 unspecified atom stereocenters. The molecule has 0 spiro atoms. The van der Waals surface area contributed by atoms with Crippen LogP contribution in [0.15, 0.2) is 72.8 Å². The highest BCUT2D eigenvalue weighted by molar-refractivity contribution is 5.99. The second-order valence-electron chi connectivity index (χ2n) is 10.8. The lowest BCUT2D eigenvalue weighted by molar-refractivity contribution is -0.140. The van der Waals surface area contributed by atoms with Crippen LogP contribution in [0.25, 0.3) is 0 Å². The molecule has 0 aliphatic carbocycles. The number of hydrogen-bond donors (Lipinski definition) is 3. The molecule has 0 aliphatic heterocycles. The molecular weight excluding hydrogens is 520 g/mol. The molecule has 41 heavy (non-hydrogen) atoms. The van der Waals surface area contributed by atoms with Gasteiger partial charge in [0.2, 0.25) is 5.91 Å². The number of amides is 3. The summed E-state index contributed by atoms with van der Waals surface area (Å²) in [6.45, 7) is 8.21. The summed E-state index contributed by atoms with van der Waals surface area (Å²) >= 11 is 0. The van der Waals surface area contributed by atoms with Gasteiger partial charge in [0.15, 0.2) is 0 Å². The molecule has 0 saturated carbocycles. The van der Waals surface area contributed by atoms with Gasteiger partial charge in [-0.05, 0) is 75.1 Å². The van der Waals surface area contributed by atoms with E-state index in [4.69, 9.17) is 4.74 Å². The van der Waals surface area contributed by atoms with Crippen LogP contribution in [-0.2, 0) is 20.7 Å². The van der Waals surface area contributed by atoms with Crippen molar-refractivity contribution in [2.45, 2.75) is 58.7 Å². The molecule has 3 aromatic carbocycles. The molecule has 0 heterocycles. The van der Waals surface area contributed by atoms with E-state index in [1.54, 1.807) is 45.9 Å². The quantitative estimate of drug-likeness (QED) is 0.311. The zero-order chi connectivity index (χ0) is 30.2. The summed E-state index contributed by atoms with van der Waals surface area (Å²) < 4.78 is 5.42. The Morgan fingerprint density at radius 1 is 0.976 bits per heavy atom. The van der Waals surface area contributed by atoms with Crippen molar-refractivity contribution in [2.24, 2.45) is 0 Å². The number of para-hydroxylation sites is 1. The third-order valence-corrected chi connectivity index (χ3v) is 6.30. The van der Waals surface area contributed by atoms with E-state index in [1.807, 2.05) is 55.5 Å². The zero-order valence-corrected chi connectivity index (χ0v) is 24.0. The molecule has 2 atom stereocenters. The van der Waals surface area contributed by atoms with Crippen molar-refractivity contribution in [2.75, 3.05) is 11.9 Å². The van der Waals surface area contributed by atoms with Crippen LogP contribution in [0.2, 0.25) is 0 Å². The smallest absolute Gasteiger partial charge is 0.408 e. The van der Waals surface area contributed by atoms with Crippen molar-refractivity contribution < 1.29 is 24.2 Å². The Kier molecular flexibility index (Phi) is 10.1. The molecule has 214 valence electrons. The van der Waals surface area contributed by atoms with Crippen molar-refractivity contribution in [3.63, 3.8) is 0 Å². The average molecular weight is 557 g/mol. The monoisotopic (exact) mass is 556 g/mol. The maximum absolute atomic E-state index is 14.2. The number of ether oxygens (including phenoxy) is 1. The topological polar surface area (TPSA) is 132 Å². The van der Waals surface area contributed by atoms with Crippen molar-refractivity contribution in [3.05, 3.63) is 95.1 Å². The minimum Gasteiger partial charge on any atom is -0.508 e. The SMILES string of the molecule is Cc1cc(C(C(=O)Nc2ccccc2C)N(CC#N)C(=O)C(Cc2ccccc2)NC(=O)OC(C)(C)C)ccc1O. The minimum absolute atomic E-state index is 0.0264. The first-order chi connectivity index (χ1) is 19.4. The third kappa shape index (κ3) is 8.57. The number of nitriles is 1.